The van der Waals surface area contributed by atoms with Gasteiger partial charge in [0.15, 0.2) is 0 Å². The van der Waals surface area contributed by atoms with Crippen molar-refractivity contribution in [3.8, 4) is 0 Å². The third kappa shape index (κ3) is 120. The van der Waals surface area contributed by atoms with Gasteiger partial charge >= 0.3 is 0 Å². The number of hydrogen-bond donors (Lipinski definition) is 1. The highest BCUT2D eigenvalue weighted by Crippen LogP contribution is 1.93. The van der Waals surface area contributed by atoms with Crippen LogP contribution in [0.5, 0.6) is 0 Å². The SMILES string of the molecule is C/C=C/CC.CC(C)(C)O. The van der Waals surface area contributed by atoms with Crippen LogP contribution in [0.15, 0.2) is 12.2 Å². The monoisotopic (exact) mass is 144 g/mol. The predicted molar refractivity (Wildman–Crippen MR) is 47.1 cm³/mol. The van der Waals surface area contributed by atoms with Crippen molar-refractivity contribution >= 4 is 0 Å². The average molecular weight is 144 g/mol. The Labute approximate surface area is 64.8 Å². The molecule has 0 fully saturated rings. The molecule has 0 aliphatic carbocycles. The van der Waals surface area contributed by atoms with Gasteiger partial charge in [0, 0.05) is 0 Å². The molecular weight excluding hydrogens is 124 g/mol. The van der Waals surface area contributed by atoms with Crippen LogP contribution in [0, 0.1) is 0 Å². The smallest absolute Gasteiger partial charge is 0.0563 e. The second kappa shape index (κ2) is 6.81. The Morgan fingerprint density at radius 2 is 1.60 bits per heavy atom. The first-order valence-electron chi connectivity index (χ1n) is 3.75. The van der Waals surface area contributed by atoms with E-state index < -0.39 is 5.60 Å². The number of allylic oxidation sites excluding steroid dienone is 2. The molecule has 0 aliphatic heterocycles. The highest BCUT2D eigenvalue weighted by molar-refractivity contribution is 4.73. The van der Waals surface area contributed by atoms with Crippen molar-refractivity contribution in [3.63, 3.8) is 0 Å². The van der Waals surface area contributed by atoms with Crippen molar-refractivity contribution in [2.75, 3.05) is 0 Å². The third-order valence-corrected chi connectivity index (χ3v) is 0.471. The van der Waals surface area contributed by atoms with E-state index in [9.17, 15) is 0 Å². The standard InChI is InChI=1S/C5H10.C4H10O/c1-3-5-4-2;1-4(2,3)5/h3,5H,4H2,1-2H3;5H,1-3H3/b5-3+;. The summed E-state index contributed by atoms with van der Waals surface area (Å²) in [5.41, 5.74) is -0.500. The molecule has 0 saturated heterocycles. The van der Waals surface area contributed by atoms with E-state index in [1.165, 1.54) is 0 Å². The molecule has 0 atom stereocenters. The summed E-state index contributed by atoms with van der Waals surface area (Å²) < 4.78 is 0. The van der Waals surface area contributed by atoms with Crippen molar-refractivity contribution in [3.05, 3.63) is 12.2 Å². The van der Waals surface area contributed by atoms with Crippen molar-refractivity contribution in [1.82, 2.24) is 0 Å². The van der Waals surface area contributed by atoms with Gasteiger partial charge in [-0.3, -0.25) is 0 Å². The van der Waals surface area contributed by atoms with Gasteiger partial charge in [-0.1, -0.05) is 19.1 Å². The van der Waals surface area contributed by atoms with E-state index in [0.29, 0.717) is 0 Å². The van der Waals surface area contributed by atoms with Gasteiger partial charge < -0.3 is 5.11 Å². The molecule has 62 valence electrons. The van der Waals surface area contributed by atoms with Gasteiger partial charge in [-0.15, -0.1) is 0 Å². The van der Waals surface area contributed by atoms with Crippen LogP contribution in [0.4, 0.5) is 0 Å². The first kappa shape index (κ1) is 12.4. The molecule has 0 unspecified atom stereocenters. The zero-order valence-electron chi connectivity index (χ0n) is 7.81. The minimum absolute atomic E-state index is 0.500. The second-order valence-electron chi connectivity index (χ2n) is 3.15. The zero-order chi connectivity index (χ0) is 8.62. The average Bonchev–Trinajstić information content (AvgIpc) is 1.63. The molecule has 0 aliphatic rings. The van der Waals surface area contributed by atoms with Crippen LogP contribution in [0.1, 0.15) is 41.0 Å². The molecule has 1 nitrogen and oxygen atoms in total. The molecule has 0 heterocycles. The lowest BCUT2D eigenvalue weighted by Gasteiger charge is -2.04. The van der Waals surface area contributed by atoms with Crippen LogP contribution < -0.4 is 0 Å². The molecule has 0 rings (SSSR count). The van der Waals surface area contributed by atoms with E-state index in [0.717, 1.165) is 6.42 Å². The molecule has 0 amide bonds. The number of hydrogen-bond acceptors (Lipinski definition) is 1. The Morgan fingerprint density at radius 1 is 1.30 bits per heavy atom. The van der Waals surface area contributed by atoms with E-state index in [-0.39, 0.29) is 0 Å². The Bertz CT molecular complexity index is 71.2. The first-order chi connectivity index (χ1) is 4.41. The Kier molecular flexibility index (Phi) is 8.44. The van der Waals surface area contributed by atoms with E-state index in [2.05, 4.69) is 19.1 Å². The summed E-state index contributed by atoms with van der Waals surface area (Å²) in [4.78, 5) is 0. The largest absolute Gasteiger partial charge is 0.391 e. The summed E-state index contributed by atoms with van der Waals surface area (Å²) in [5, 5.41) is 8.52. The van der Waals surface area contributed by atoms with Crippen LogP contribution in [0.25, 0.3) is 0 Å². The second-order valence-corrected chi connectivity index (χ2v) is 3.15. The van der Waals surface area contributed by atoms with Gasteiger partial charge in [0.25, 0.3) is 0 Å². The normalized spacial score (nSPS) is 11.0. The molecular formula is C9H20O. The van der Waals surface area contributed by atoms with Gasteiger partial charge in [-0.2, -0.15) is 0 Å². The minimum atomic E-state index is -0.500. The molecule has 0 bridgehead atoms. The van der Waals surface area contributed by atoms with Crippen LogP contribution in [-0.4, -0.2) is 10.7 Å². The maximum atomic E-state index is 8.52. The molecule has 0 spiro atoms. The molecule has 1 N–H and O–H groups in total. The lowest BCUT2D eigenvalue weighted by atomic mass is 10.2. The Morgan fingerprint density at radius 3 is 1.60 bits per heavy atom. The molecule has 0 aromatic carbocycles. The fourth-order valence-electron chi connectivity index (χ4n) is 0.236. The van der Waals surface area contributed by atoms with Crippen LogP contribution in [0.3, 0.4) is 0 Å². The van der Waals surface area contributed by atoms with Crippen LogP contribution >= 0.6 is 0 Å². The Hall–Kier alpha value is -0.300. The fraction of sp³-hybridized carbons (Fsp3) is 0.778. The van der Waals surface area contributed by atoms with Gasteiger partial charge in [0.2, 0.25) is 0 Å². The van der Waals surface area contributed by atoms with E-state index in [1.54, 1.807) is 20.8 Å². The molecule has 1 heteroatoms. The highest BCUT2D eigenvalue weighted by Gasteiger charge is 1.97. The van der Waals surface area contributed by atoms with Crippen LogP contribution in [0.2, 0.25) is 0 Å². The Balaban J connectivity index is 0. The molecule has 10 heavy (non-hydrogen) atoms. The molecule has 0 saturated carbocycles. The van der Waals surface area contributed by atoms with Crippen LogP contribution in [-0.2, 0) is 0 Å². The fourth-order valence-corrected chi connectivity index (χ4v) is 0.236. The molecule has 0 aromatic heterocycles. The maximum Gasteiger partial charge on any atom is 0.0563 e. The third-order valence-electron chi connectivity index (χ3n) is 0.471. The summed E-state index contributed by atoms with van der Waals surface area (Å²) in [5.74, 6) is 0. The van der Waals surface area contributed by atoms with Crippen molar-refractivity contribution < 1.29 is 5.11 Å². The van der Waals surface area contributed by atoms with Crippen molar-refractivity contribution in [1.29, 1.82) is 0 Å². The van der Waals surface area contributed by atoms with Gasteiger partial charge in [0.05, 0.1) is 5.60 Å². The number of aliphatic hydroxyl groups is 1. The lowest BCUT2D eigenvalue weighted by molar-refractivity contribution is 0.102. The molecule has 0 aromatic rings. The lowest BCUT2D eigenvalue weighted by Crippen LogP contribution is -2.10. The summed E-state index contributed by atoms with van der Waals surface area (Å²) in [7, 11) is 0. The topological polar surface area (TPSA) is 20.2 Å². The maximum absolute atomic E-state index is 8.52. The highest BCUT2D eigenvalue weighted by atomic mass is 16.3. The van der Waals surface area contributed by atoms with Crippen molar-refractivity contribution in [2.45, 2.75) is 46.6 Å². The number of rotatable bonds is 1. The van der Waals surface area contributed by atoms with E-state index in [1.807, 2.05) is 6.92 Å². The van der Waals surface area contributed by atoms with Crippen molar-refractivity contribution in [2.24, 2.45) is 0 Å². The van der Waals surface area contributed by atoms with E-state index >= 15 is 0 Å². The predicted octanol–water partition coefficient (Wildman–Crippen LogP) is 2.75. The van der Waals surface area contributed by atoms with Gasteiger partial charge in [0.1, 0.15) is 0 Å². The zero-order valence-corrected chi connectivity index (χ0v) is 7.81. The summed E-state index contributed by atoms with van der Waals surface area (Å²) in [6.45, 7) is 9.39. The van der Waals surface area contributed by atoms with Gasteiger partial charge in [-0.05, 0) is 34.1 Å². The first-order valence-corrected chi connectivity index (χ1v) is 3.75. The summed E-state index contributed by atoms with van der Waals surface area (Å²) in [6, 6.07) is 0. The summed E-state index contributed by atoms with van der Waals surface area (Å²) in [6.07, 6.45) is 5.34. The van der Waals surface area contributed by atoms with E-state index in [4.69, 9.17) is 5.11 Å². The molecule has 0 radical (unpaired) electrons. The van der Waals surface area contributed by atoms with Gasteiger partial charge in [-0.25, -0.2) is 0 Å². The minimum Gasteiger partial charge on any atom is -0.391 e. The summed E-state index contributed by atoms with van der Waals surface area (Å²) >= 11 is 0. The quantitative estimate of drug-likeness (QED) is 0.561.